The number of hydrogen-bond donors (Lipinski definition) is 1. The molecule has 0 amide bonds. The molecule has 20 heavy (non-hydrogen) atoms. The molecule has 6 nitrogen and oxygen atoms in total. The Labute approximate surface area is 117 Å². The molecule has 0 aliphatic carbocycles. The molecule has 3 rings (SSSR count). The van der Waals surface area contributed by atoms with Crippen LogP contribution in [-0.2, 0) is 20.1 Å². The van der Waals surface area contributed by atoms with Gasteiger partial charge in [-0.15, -0.1) is 0 Å². The Morgan fingerprint density at radius 3 is 2.85 bits per heavy atom. The van der Waals surface area contributed by atoms with Crippen molar-refractivity contribution in [3.8, 4) is 11.5 Å². The van der Waals surface area contributed by atoms with Gasteiger partial charge >= 0.3 is 0 Å². The quantitative estimate of drug-likeness (QED) is 0.909. The summed E-state index contributed by atoms with van der Waals surface area (Å²) >= 11 is 0. The van der Waals surface area contributed by atoms with Crippen molar-refractivity contribution in [1.29, 1.82) is 0 Å². The first-order valence-electron chi connectivity index (χ1n) is 6.75. The molecule has 1 aliphatic heterocycles. The molecule has 0 bridgehead atoms. The van der Waals surface area contributed by atoms with Crippen LogP contribution >= 0.6 is 0 Å². The third kappa shape index (κ3) is 3.08. The zero-order chi connectivity index (χ0) is 13.8. The van der Waals surface area contributed by atoms with E-state index in [0.717, 1.165) is 42.5 Å². The highest BCUT2D eigenvalue weighted by Gasteiger charge is 2.10. The number of benzene rings is 1. The van der Waals surface area contributed by atoms with Crippen molar-refractivity contribution in [3.05, 3.63) is 35.9 Å². The van der Waals surface area contributed by atoms with E-state index in [1.807, 2.05) is 25.2 Å². The predicted octanol–water partition coefficient (Wildman–Crippen LogP) is 1.27. The predicted molar refractivity (Wildman–Crippen MR) is 73.6 cm³/mol. The molecule has 1 aromatic heterocycles. The standard InChI is InChI=1S/C14H18N4O2/c1-18-10-16-14(17-18)9-15-8-11-3-4-12-13(7-11)20-6-2-5-19-12/h3-4,7,10,15H,2,5-6,8-9H2,1H3. The fraction of sp³-hybridized carbons (Fsp3) is 0.429. The monoisotopic (exact) mass is 274 g/mol. The molecule has 6 heteroatoms. The van der Waals surface area contributed by atoms with Gasteiger partial charge in [-0.3, -0.25) is 4.68 Å². The topological polar surface area (TPSA) is 61.2 Å². The van der Waals surface area contributed by atoms with Crippen LogP contribution in [0.15, 0.2) is 24.5 Å². The van der Waals surface area contributed by atoms with Crippen LogP contribution in [0.3, 0.4) is 0 Å². The van der Waals surface area contributed by atoms with Crippen LogP contribution in [0, 0.1) is 0 Å². The van der Waals surface area contributed by atoms with E-state index >= 15 is 0 Å². The van der Waals surface area contributed by atoms with E-state index in [4.69, 9.17) is 9.47 Å². The maximum Gasteiger partial charge on any atom is 0.164 e. The Hall–Kier alpha value is -2.08. The Balaban J connectivity index is 1.59. The van der Waals surface area contributed by atoms with Crippen LogP contribution in [0.5, 0.6) is 11.5 Å². The normalized spacial score (nSPS) is 14.1. The highest BCUT2D eigenvalue weighted by atomic mass is 16.5. The molecule has 2 aromatic rings. The van der Waals surface area contributed by atoms with Gasteiger partial charge in [0.25, 0.3) is 0 Å². The molecular formula is C14H18N4O2. The summed E-state index contributed by atoms with van der Waals surface area (Å²) in [5.41, 5.74) is 1.16. The molecule has 106 valence electrons. The molecule has 0 atom stereocenters. The van der Waals surface area contributed by atoms with Gasteiger partial charge in [0, 0.05) is 20.0 Å². The number of hydrogen-bond acceptors (Lipinski definition) is 5. The zero-order valence-electron chi connectivity index (χ0n) is 11.5. The van der Waals surface area contributed by atoms with Crippen molar-refractivity contribution >= 4 is 0 Å². The summed E-state index contributed by atoms with van der Waals surface area (Å²) in [7, 11) is 1.86. The van der Waals surface area contributed by atoms with E-state index in [1.165, 1.54) is 0 Å². The van der Waals surface area contributed by atoms with Crippen molar-refractivity contribution in [2.24, 2.45) is 7.05 Å². The SMILES string of the molecule is Cn1cnc(CNCc2ccc3c(c2)OCCCO3)n1. The molecule has 0 radical (unpaired) electrons. The Morgan fingerprint density at radius 1 is 1.20 bits per heavy atom. The van der Waals surface area contributed by atoms with Gasteiger partial charge in [-0.2, -0.15) is 5.10 Å². The van der Waals surface area contributed by atoms with Crippen LogP contribution in [0.4, 0.5) is 0 Å². The second kappa shape index (κ2) is 5.92. The molecule has 1 N–H and O–H groups in total. The largest absolute Gasteiger partial charge is 0.490 e. The minimum atomic E-state index is 0.648. The van der Waals surface area contributed by atoms with Gasteiger partial charge in [0.2, 0.25) is 0 Å². The average molecular weight is 274 g/mol. The number of rotatable bonds is 4. The maximum absolute atomic E-state index is 5.68. The number of ether oxygens (including phenoxy) is 2. The van der Waals surface area contributed by atoms with Gasteiger partial charge in [-0.1, -0.05) is 6.07 Å². The van der Waals surface area contributed by atoms with Gasteiger partial charge in [0.05, 0.1) is 19.8 Å². The first-order valence-corrected chi connectivity index (χ1v) is 6.75. The molecule has 0 fully saturated rings. The first-order chi connectivity index (χ1) is 9.81. The summed E-state index contributed by atoms with van der Waals surface area (Å²) in [4.78, 5) is 4.17. The second-order valence-electron chi connectivity index (χ2n) is 4.77. The van der Waals surface area contributed by atoms with Gasteiger partial charge in [-0.05, 0) is 17.7 Å². The zero-order valence-corrected chi connectivity index (χ0v) is 11.5. The summed E-state index contributed by atoms with van der Waals surface area (Å²) in [6.45, 7) is 2.82. The number of nitrogens with zero attached hydrogens (tertiary/aromatic N) is 3. The fourth-order valence-electron chi connectivity index (χ4n) is 2.10. The van der Waals surface area contributed by atoms with E-state index in [9.17, 15) is 0 Å². The van der Waals surface area contributed by atoms with Crippen LogP contribution in [0.25, 0.3) is 0 Å². The Kier molecular flexibility index (Phi) is 3.83. The lowest BCUT2D eigenvalue weighted by Crippen LogP contribution is -2.14. The minimum Gasteiger partial charge on any atom is -0.490 e. The highest BCUT2D eigenvalue weighted by Crippen LogP contribution is 2.30. The van der Waals surface area contributed by atoms with Crippen molar-refractivity contribution in [3.63, 3.8) is 0 Å². The van der Waals surface area contributed by atoms with Gasteiger partial charge in [0.15, 0.2) is 17.3 Å². The average Bonchev–Trinajstić information content (AvgIpc) is 2.73. The number of aryl methyl sites for hydroxylation is 1. The van der Waals surface area contributed by atoms with Gasteiger partial charge < -0.3 is 14.8 Å². The van der Waals surface area contributed by atoms with E-state index in [-0.39, 0.29) is 0 Å². The van der Waals surface area contributed by atoms with E-state index in [1.54, 1.807) is 11.0 Å². The molecule has 2 heterocycles. The summed E-state index contributed by atoms with van der Waals surface area (Å²) in [6.07, 6.45) is 2.62. The van der Waals surface area contributed by atoms with Gasteiger partial charge in [-0.25, -0.2) is 4.98 Å². The third-order valence-electron chi connectivity index (χ3n) is 3.07. The number of aromatic nitrogens is 3. The summed E-state index contributed by atoms with van der Waals surface area (Å²) < 4.78 is 13.0. The van der Waals surface area contributed by atoms with Crippen molar-refractivity contribution in [2.75, 3.05) is 13.2 Å². The van der Waals surface area contributed by atoms with Crippen molar-refractivity contribution in [2.45, 2.75) is 19.5 Å². The lowest BCUT2D eigenvalue weighted by molar-refractivity contribution is 0.297. The fourth-order valence-corrected chi connectivity index (χ4v) is 2.10. The van der Waals surface area contributed by atoms with Crippen LogP contribution < -0.4 is 14.8 Å². The molecule has 0 saturated heterocycles. The molecule has 1 aromatic carbocycles. The minimum absolute atomic E-state index is 0.648. The molecule has 0 unspecified atom stereocenters. The summed E-state index contributed by atoms with van der Waals surface area (Å²) in [6, 6.07) is 6.04. The summed E-state index contributed by atoms with van der Waals surface area (Å²) in [5.74, 6) is 2.46. The Morgan fingerprint density at radius 2 is 2.05 bits per heavy atom. The number of nitrogens with one attached hydrogen (secondary N) is 1. The van der Waals surface area contributed by atoms with Crippen LogP contribution in [-0.4, -0.2) is 28.0 Å². The first kappa shape index (κ1) is 12.9. The summed E-state index contributed by atoms with van der Waals surface area (Å²) in [5, 5.41) is 7.54. The lowest BCUT2D eigenvalue weighted by atomic mass is 10.2. The van der Waals surface area contributed by atoms with Crippen LogP contribution in [0.2, 0.25) is 0 Å². The van der Waals surface area contributed by atoms with Crippen LogP contribution in [0.1, 0.15) is 17.8 Å². The second-order valence-corrected chi connectivity index (χ2v) is 4.77. The van der Waals surface area contributed by atoms with Gasteiger partial charge in [0.1, 0.15) is 6.33 Å². The van der Waals surface area contributed by atoms with E-state index in [0.29, 0.717) is 13.2 Å². The van der Waals surface area contributed by atoms with Crippen molar-refractivity contribution < 1.29 is 9.47 Å². The number of fused-ring (bicyclic) bond motifs is 1. The molecule has 0 spiro atoms. The molecule has 0 saturated carbocycles. The lowest BCUT2D eigenvalue weighted by Gasteiger charge is -2.09. The third-order valence-corrected chi connectivity index (χ3v) is 3.07. The molecular weight excluding hydrogens is 256 g/mol. The van der Waals surface area contributed by atoms with E-state index in [2.05, 4.69) is 15.4 Å². The highest BCUT2D eigenvalue weighted by molar-refractivity contribution is 5.43. The van der Waals surface area contributed by atoms with Crippen molar-refractivity contribution in [1.82, 2.24) is 20.1 Å². The maximum atomic E-state index is 5.68. The molecule has 1 aliphatic rings. The smallest absolute Gasteiger partial charge is 0.164 e. The Bertz CT molecular complexity index is 582. The van der Waals surface area contributed by atoms with E-state index < -0.39 is 0 Å².